The Bertz CT molecular complexity index is 1670. The Kier molecular flexibility index (Phi) is 8.55. The number of carboxylic acid groups (broad SMARTS) is 1. The van der Waals surface area contributed by atoms with Gasteiger partial charge in [0.15, 0.2) is 5.78 Å². The van der Waals surface area contributed by atoms with E-state index < -0.39 is 11.5 Å². The van der Waals surface area contributed by atoms with Gasteiger partial charge in [-0.15, -0.1) is 0 Å². The minimum absolute atomic E-state index is 0.0412. The van der Waals surface area contributed by atoms with Crippen molar-refractivity contribution in [1.82, 2.24) is 4.98 Å². The highest BCUT2D eigenvalue weighted by Gasteiger charge is 2.52. The first-order valence-electron chi connectivity index (χ1n) is 16.3. The topological polar surface area (TPSA) is 88.5 Å². The smallest absolute Gasteiger partial charge is 0.329 e. The second kappa shape index (κ2) is 12.3. The van der Waals surface area contributed by atoms with E-state index in [1.54, 1.807) is 19.1 Å². The number of fused-ring (bicyclic) bond motifs is 3. The van der Waals surface area contributed by atoms with Crippen LogP contribution < -0.4 is 10.1 Å². The van der Waals surface area contributed by atoms with Crippen molar-refractivity contribution in [2.24, 2.45) is 5.92 Å². The molecule has 3 aliphatic carbocycles. The van der Waals surface area contributed by atoms with Crippen LogP contribution in [0.3, 0.4) is 0 Å². The molecule has 0 saturated heterocycles. The van der Waals surface area contributed by atoms with Crippen molar-refractivity contribution in [2.75, 3.05) is 11.9 Å². The van der Waals surface area contributed by atoms with Gasteiger partial charge in [0.2, 0.25) is 0 Å². The van der Waals surface area contributed by atoms with Crippen molar-refractivity contribution in [3.8, 4) is 5.75 Å². The van der Waals surface area contributed by atoms with Gasteiger partial charge in [-0.25, -0.2) is 4.79 Å². The van der Waals surface area contributed by atoms with E-state index in [1.807, 2.05) is 30.5 Å². The number of ether oxygens (including phenoxy) is 1. The van der Waals surface area contributed by atoms with E-state index in [0.29, 0.717) is 54.5 Å². The number of ketones is 1. The molecule has 6 rings (SSSR count). The number of aromatic nitrogens is 1. The summed E-state index contributed by atoms with van der Waals surface area (Å²) in [7, 11) is 0. The number of carbonyl (C=O) groups is 2. The molecule has 2 aromatic carbocycles. The van der Waals surface area contributed by atoms with Crippen molar-refractivity contribution in [2.45, 2.75) is 95.9 Å². The number of rotatable bonds is 9. The summed E-state index contributed by atoms with van der Waals surface area (Å²) in [5.74, 6) is 0.813. The van der Waals surface area contributed by atoms with E-state index in [0.717, 1.165) is 36.1 Å². The van der Waals surface area contributed by atoms with Crippen LogP contribution in [0.25, 0.3) is 6.08 Å². The molecule has 3 aromatic rings. The molecule has 6 nitrogen and oxygen atoms in total. The van der Waals surface area contributed by atoms with Gasteiger partial charge in [-0.1, -0.05) is 43.2 Å². The van der Waals surface area contributed by atoms with Crippen LogP contribution in [0.2, 0.25) is 5.02 Å². The molecule has 1 heterocycles. The quantitative estimate of drug-likeness (QED) is 0.231. The van der Waals surface area contributed by atoms with Crippen LogP contribution >= 0.6 is 11.6 Å². The number of allylic oxidation sites excluding steroid dienone is 1. The zero-order chi connectivity index (χ0) is 31.9. The minimum atomic E-state index is -1.11. The highest BCUT2D eigenvalue weighted by Crippen LogP contribution is 2.56. The van der Waals surface area contributed by atoms with E-state index >= 15 is 0 Å². The van der Waals surface area contributed by atoms with Crippen LogP contribution in [0, 0.1) is 12.8 Å². The van der Waals surface area contributed by atoms with Crippen molar-refractivity contribution < 1.29 is 19.4 Å². The second-order valence-corrected chi connectivity index (χ2v) is 14.1. The number of halogens is 1. The molecule has 7 heteroatoms. The first-order valence-corrected chi connectivity index (χ1v) is 16.6. The summed E-state index contributed by atoms with van der Waals surface area (Å²) in [6.07, 6.45) is 10.6. The van der Waals surface area contributed by atoms with E-state index in [4.69, 9.17) is 16.3 Å². The standard InChI is InChI=1S/C38H43ClN2O4/c1-23(22-45-34-11-16-40-33-10-5-7-24(2)35(33)34)17-28-20-31-25(3)18-27(26(4)42)19-32(31)37(28)12-14-38(15-13-37,36(43)44)41-30-9-6-8-29(39)21-30/h6,8-9,11,16,18-21,23-24,41H,5,7,10,12-15,17,22H2,1-4H3,(H,43,44)/t23-,24-,37?,38?/m1/s1. The molecule has 0 unspecified atom stereocenters. The number of Topliss-reactive ketones (excluding diaryl/α,β-unsaturated/α-hetero) is 1. The van der Waals surface area contributed by atoms with Gasteiger partial charge in [-0.3, -0.25) is 9.78 Å². The summed E-state index contributed by atoms with van der Waals surface area (Å²) in [6, 6.07) is 13.3. The highest BCUT2D eigenvalue weighted by molar-refractivity contribution is 6.30. The molecule has 45 heavy (non-hydrogen) atoms. The largest absolute Gasteiger partial charge is 0.493 e. The fourth-order valence-corrected chi connectivity index (χ4v) is 8.18. The Morgan fingerprint density at radius 1 is 1.16 bits per heavy atom. The maximum atomic E-state index is 12.8. The summed E-state index contributed by atoms with van der Waals surface area (Å²) in [6.45, 7) is 8.76. The zero-order valence-corrected chi connectivity index (χ0v) is 27.5. The van der Waals surface area contributed by atoms with Gasteiger partial charge < -0.3 is 15.2 Å². The van der Waals surface area contributed by atoms with Crippen LogP contribution in [0.15, 0.2) is 54.2 Å². The van der Waals surface area contributed by atoms with Crippen molar-refractivity contribution in [3.05, 3.63) is 92.8 Å². The SMILES string of the molecule is CC(=O)c1cc(C)c2c(c1)C1(CCC(Nc3cccc(Cl)c3)(C(=O)O)CC1)C(C[C@@H](C)COc1ccnc3c1[C@H](C)CCC3)=C2. The second-order valence-electron chi connectivity index (χ2n) is 13.7. The minimum Gasteiger partial charge on any atom is -0.493 e. The zero-order valence-electron chi connectivity index (χ0n) is 26.7. The summed E-state index contributed by atoms with van der Waals surface area (Å²) in [4.78, 5) is 30.0. The van der Waals surface area contributed by atoms with Crippen LogP contribution in [-0.4, -0.2) is 34.0 Å². The molecule has 236 valence electrons. The van der Waals surface area contributed by atoms with Gasteiger partial charge in [-0.05, 0) is 130 Å². The first-order chi connectivity index (χ1) is 21.5. The highest BCUT2D eigenvalue weighted by atomic mass is 35.5. The van der Waals surface area contributed by atoms with E-state index in [1.165, 1.54) is 28.8 Å². The Hall–Kier alpha value is -3.64. The van der Waals surface area contributed by atoms with Gasteiger partial charge in [0.05, 0.1) is 6.61 Å². The van der Waals surface area contributed by atoms with Crippen molar-refractivity contribution in [3.63, 3.8) is 0 Å². The molecular weight excluding hydrogens is 584 g/mol. The summed E-state index contributed by atoms with van der Waals surface area (Å²) < 4.78 is 6.50. The molecule has 0 bridgehead atoms. The number of nitrogens with one attached hydrogen (secondary N) is 1. The molecule has 1 aromatic heterocycles. The Balaban J connectivity index is 1.28. The van der Waals surface area contributed by atoms with Crippen LogP contribution in [0.5, 0.6) is 5.75 Å². The number of aliphatic carboxylic acids is 1. The van der Waals surface area contributed by atoms with E-state index in [9.17, 15) is 14.7 Å². The molecule has 3 aliphatic rings. The van der Waals surface area contributed by atoms with E-state index in [2.05, 4.69) is 43.2 Å². The average Bonchev–Trinajstić information content (AvgIpc) is 3.30. The monoisotopic (exact) mass is 626 g/mol. The Morgan fingerprint density at radius 2 is 1.93 bits per heavy atom. The van der Waals surface area contributed by atoms with Crippen LogP contribution in [0.1, 0.15) is 110 Å². The van der Waals surface area contributed by atoms with Crippen molar-refractivity contribution in [1.29, 1.82) is 0 Å². The number of pyridine rings is 1. The van der Waals surface area contributed by atoms with Gasteiger partial charge in [0.25, 0.3) is 0 Å². The van der Waals surface area contributed by atoms with Crippen LogP contribution in [-0.2, 0) is 16.6 Å². The molecular formula is C38H43ClN2O4. The molecule has 1 fully saturated rings. The summed E-state index contributed by atoms with van der Waals surface area (Å²) in [5, 5.41) is 14.4. The lowest BCUT2D eigenvalue weighted by Gasteiger charge is -2.46. The van der Waals surface area contributed by atoms with Gasteiger partial charge in [0, 0.05) is 39.1 Å². The number of carbonyl (C=O) groups excluding carboxylic acids is 1. The predicted octanol–water partition coefficient (Wildman–Crippen LogP) is 8.94. The molecule has 1 saturated carbocycles. The maximum absolute atomic E-state index is 12.8. The number of carboxylic acids is 1. The van der Waals surface area contributed by atoms with E-state index in [-0.39, 0.29) is 17.1 Å². The molecule has 1 spiro atoms. The van der Waals surface area contributed by atoms with Crippen LogP contribution in [0.4, 0.5) is 5.69 Å². The van der Waals surface area contributed by atoms with Gasteiger partial charge in [0.1, 0.15) is 11.3 Å². The number of hydrogen-bond acceptors (Lipinski definition) is 5. The lowest BCUT2D eigenvalue weighted by atomic mass is 9.61. The Morgan fingerprint density at radius 3 is 2.64 bits per heavy atom. The molecule has 0 aliphatic heterocycles. The van der Waals surface area contributed by atoms with Gasteiger partial charge >= 0.3 is 5.97 Å². The molecule has 0 radical (unpaired) electrons. The third-order valence-corrected chi connectivity index (χ3v) is 10.7. The normalized spacial score (nSPS) is 24.4. The lowest BCUT2D eigenvalue weighted by molar-refractivity contribution is -0.143. The third kappa shape index (κ3) is 5.90. The predicted molar refractivity (Wildman–Crippen MR) is 180 cm³/mol. The third-order valence-electron chi connectivity index (χ3n) is 10.5. The molecule has 2 N–H and O–H groups in total. The number of anilines is 1. The molecule has 0 amide bonds. The fraction of sp³-hybridized carbons (Fsp3) is 0.447. The lowest BCUT2D eigenvalue weighted by Crippen LogP contribution is -2.52. The number of benzene rings is 2. The first kappa shape index (κ1) is 31.3. The maximum Gasteiger partial charge on any atom is 0.329 e. The summed E-state index contributed by atoms with van der Waals surface area (Å²) >= 11 is 6.24. The van der Waals surface area contributed by atoms with Gasteiger partial charge in [-0.2, -0.15) is 0 Å². The van der Waals surface area contributed by atoms with Crippen molar-refractivity contribution >= 4 is 35.1 Å². The molecule has 2 atom stereocenters. The number of nitrogens with zero attached hydrogens (tertiary/aromatic N) is 1. The fourth-order valence-electron chi connectivity index (χ4n) is 7.99. The number of hydrogen-bond donors (Lipinski definition) is 2. The summed E-state index contributed by atoms with van der Waals surface area (Å²) in [5.41, 5.74) is 7.13. The Labute approximate surface area is 271 Å². The number of aryl methyl sites for hydroxylation is 2. The average molecular weight is 627 g/mol.